The molecule has 0 radical (unpaired) electrons. The van der Waals surface area contributed by atoms with Gasteiger partial charge in [0.2, 0.25) is 0 Å². The molecule has 0 fully saturated rings. The molecule has 4 nitrogen and oxygen atoms in total. The summed E-state index contributed by atoms with van der Waals surface area (Å²) in [6.07, 6.45) is 1.75. The first kappa shape index (κ1) is 18.4. The van der Waals surface area contributed by atoms with Gasteiger partial charge in [0.1, 0.15) is 12.4 Å². The smallest absolute Gasteiger partial charge is 0.161 e. The number of anilines is 1. The largest absolute Gasteiger partial charge is 0.493 e. The van der Waals surface area contributed by atoms with E-state index >= 15 is 0 Å². The van der Waals surface area contributed by atoms with Gasteiger partial charge in [0.05, 0.1) is 7.11 Å². The van der Waals surface area contributed by atoms with Crippen molar-refractivity contribution >= 4 is 29.0 Å². The van der Waals surface area contributed by atoms with E-state index in [1.165, 1.54) is 0 Å². The minimum absolute atomic E-state index is 0.331. The molecule has 0 unspecified atom stereocenters. The number of rotatable bonds is 7. The third-order valence-corrected chi connectivity index (χ3v) is 4.35. The number of benzene rings is 2. The van der Waals surface area contributed by atoms with Gasteiger partial charge in [-0.1, -0.05) is 41.4 Å². The molecule has 1 heterocycles. The van der Waals surface area contributed by atoms with Gasteiger partial charge in [0.15, 0.2) is 11.5 Å². The number of hydrogen-bond acceptors (Lipinski definition) is 4. The molecule has 0 atom stereocenters. The summed E-state index contributed by atoms with van der Waals surface area (Å²) in [5, 5.41) is 4.44. The zero-order chi connectivity index (χ0) is 18.4. The average Bonchev–Trinajstić information content (AvgIpc) is 2.67. The molecular weight excluding hydrogens is 371 g/mol. The van der Waals surface area contributed by atoms with Gasteiger partial charge in [-0.05, 0) is 42.0 Å². The van der Waals surface area contributed by atoms with E-state index < -0.39 is 0 Å². The Morgan fingerprint density at radius 2 is 1.88 bits per heavy atom. The molecule has 2 aromatic carbocycles. The maximum atomic E-state index is 6.18. The molecule has 134 valence electrons. The predicted molar refractivity (Wildman–Crippen MR) is 105 cm³/mol. The number of nitrogens with one attached hydrogen (secondary N) is 1. The van der Waals surface area contributed by atoms with E-state index in [2.05, 4.69) is 10.3 Å². The van der Waals surface area contributed by atoms with Crippen LogP contribution in [0.15, 0.2) is 60.8 Å². The third-order valence-electron chi connectivity index (χ3n) is 3.76. The second-order valence-corrected chi connectivity index (χ2v) is 6.42. The van der Waals surface area contributed by atoms with Crippen molar-refractivity contribution in [1.82, 2.24) is 4.98 Å². The number of hydrogen-bond donors (Lipinski definition) is 1. The van der Waals surface area contributed by atoms with Crippen LogP contribution in [-0.4, -0.2) is 12.1 Å². The van der Waals surface area contributed by atoms with Crippen molar-refractivity contribution in [3.05, 3.63) is 82.0 Å². The molecule has 0 aliphatic rings. The highest BCUT2D eigenvalue weighted by atomic mass is 35.5. The minimum Gasteiger partial charge on any atom is -0.493 e. The fourth-order valence-electron chi connectivity index (χ4n) is 2.40. The van der Waals surface area contributed by atoms with E-state index in [0.717, 1.165) is 16.9 Å². The number of pyridine rings is 1. The predicted octanol–water partition coefficient (Wildman–Crippen LogP) is 5.59. The van der Waals surface area contributed by atoms with Gasteiger partial charge < -0.3 is 14.8 Å². The maximum absolute atomic E-state index is 6.18. The molecule has 0 bridgehead atoms. The summed E-state index contributed by atoms with van der Waals surface area (Å²) >= 11 is 12.1. The normalized spacial score (nSPS) is 10.4. The van der Waals surface area contributed by atoms with Crippen LogP contribution < -0.4 is 14.8 Å². The highest BCUT2D eigenvalue weighted by molar-refractivity contribution is 6.35. The number of halogens is 2. The molecule has 6 heteroatoms. The monoisotopic (exact) mass is 388 g/mol. The van der Waals surface area contributed by atoms with Gasteiger partial charge in [0.25, 0.3) is 0 Å². The minimum atomic E-state index is 0.331. The molecule has 0 aliphatic heterocycles. The molecule has 0 saturated heterocycles. The lowest BCUT2D eigenvalue weighted by Gasteiger charge is -2.13. The van der Waals surface area contributed by atoms with E-state index in [4.69, 9.17) is 32.7 Å². The van der Waals surface area contributed by atoms with Crippen LogP contribution in [0.4, 0.5) is 5.82 Å². The Morgan fingerprint density at radius 3 is 2.62 bits per heavy atom. The Balaban J connectivity index is 1.66. The fraction of sp³-hybridized carbons (Fsp3) is 0.150. The standard InChI is InChI=1S/C20H18Cl2N2O2/c1-25-19-10-14(12-24-20-4-2-3-9-23-20)5-8-18(19)26-13-15-6-7-16(21)11-17(15)22/h2-11H,12-13H2,1H3,(H,23,24). The van der Waals surface area contributed by atoms with Gasteiger partial charge in [-0.25, -0.2) is 4.98 Å². The van der Waals surface area contributed by atoms with Crippen molar-refractivity contribution in [2.24, 2.45) is 0 Å². The van der Waals surface area contributed by atoms with Crippen molar-refractivity contribution < 1.29 is 9.47 Å². The van der Waals surface area contributed by atoms with Gasteiger partial charge in [-0.2, -0.15) is 0 Å². The lowest BCUT2D eigenvalue weighted by Crippen LogP contribution is -2.03. The van der Waals surface area contributed by atoms with Crippen LogP contribution >= 0.6 is 23.2 Å². The number of nitrogens with zero attached hydrogens (tertiary/aromatic N) is 1. The van der Waals surface area contributed by atoms with Gasteiger partial charge >= 0.3 is 0 Å². The first-order chi connectivity index (χ1) is 12.7. The second-order valence-electron chi connectivity index (χ2n) is 5.58. The van der Waals surface area contributed by atoms with E-state index in [1.54, 1.807) is 25.4 Å². The van der Waals surface area contributed by atoms with Gasteiger partial charge in [-0.15, -0.1) is 0 Å². The van der Waals surface area contributed by atoms with E-state index in [0.29, 0.717) is 34.7 Å². The summed E-state index contributed by atoms with van der Waals surface area (Å²) in [4.78, 5) is 4.24. The summed E-state index contributed by atoms with van der Waals surface area (Å²) in [5.74, 6) is 2.14. The summed E-state index contributed by atoms with van der Waals surface area (Å²) in [6, 6.07) is 16.9. The van der Waals surface area contributed by atoms with Crippen molar-refractivity contribution in [2.75, 3.05) is 12.4 Å². The highest BCUT2D eigenvalue weighted by Gasteiger charge is 2.08. The zero-order valence-corrected chi connectivity index (χ0v) is 15.7. The molecule has 3 aromatic rings. The van der Waals surface area contributed by atoms with Crippen LogP contribution in [0.2, 0.25) is 10.0 Å². The Bertz CT molecular complexity index is 873. The lowest BCUT2D eigenvalue weighted by atomic mass is 10.2. The molecule has 1 aromatic heterocycles. The van der Waals surface area contributed by atoms with Crippen LogP contribution in [0.1, 0.15) is 11.1 Å². The molecular formula is C20H18Cl2N2O2. The Labute approximate surface area is 162 Å². The van der Waals surface area contributed by atoms with Crippen molar-refractivity contribution in [2.45, 2.75) is 13.2 Å². The molecule has 0 saturated carbocycles. The average molecular weight is 389 g/mol. The Morgan fingerprint density at radius 1 is 1.00 bits per heavy atom. The van der Waals surface area contributed by atoms with Gasteiger partial charge in [-0.3, -0.25) is 0 Å². The second kappa shape index (κ2) is 8.79. The Kier molecular flexibility index (Phi) is 6.21. The van der Waals surface area contributed by atoms with Crippen molar-refractivity contribution in [1.29, 1.82) is 0 Å². The molecule has 26 heavy (non-hydrogen) atoms. The fourth-order valence-corrected chi connectivity index (χ4v) is 2.86. The third kappa shape index (κ3) is 4.81. The zero-order valence-electron chi connectivity index (χ0n) is 14.2. The van der Waals surface area contributed by atoms with Gasteiger partial charge in [0, 0.05) is 28.4 Å². The first-order valence-electron chi connectivity index (χ1n) is 8.04. The molecule has 3 rings (SSSR count). The van der Waals surface area contributed by atoms with E-state index in [9.17, 15) is 0 Å². The van der Waals surface area contributed by atoms with Crippen molar-refractivity contribution in [3.8, 4) is 11.5 Å². The lowest BCUT2D eigenvalue weighted by molar-refractivity contribution is 0.284. The molecule has 0 spiro atoms. The van der Waals surface area contributed by atoms with Crippen LogP contribution in [0.3, 0.4) is 0 Å². The van der Waals surface area contributed by atoms with Crippen LogP contribution in [0.5, 0.6) is 11.5 Å². The number of methoxy groups -OCH3 is 1. The van der Waals surface area contributed by atoms with Crippen LogP contribution in [0, 0.1) is 0 Å². The summed E-state index contributed by atoms with van der Waals surface area (Å²) in [6.45, 7) is 0.967. The van der Waals surface area contributed by atoms with Crippen LogP contribution in [0.25, 0.3) is 0 Å². The highest BCUT2D eigenvalue weighted by Crippen LogP contribution is 2.30. The topological polar surface area (TPSA) is 43.4 Å². The maximum Gasteiger partial charge on any atom is 0.161 e. The summed E-state index contributed by atoms with van der Waals surface area (Å²) in [7, 11) is 1.62. The SMILES string of the molecule is COc1cc(CNc2ccccn2)ccc1OCc1ccc(Cl)cc1Cl. The quantitative estimate of drug-likeness (QED) is 0.572. The molecule has 1 N–H and O–H groups in total. The summed E-state index contributed by atoms with van der Waals surface area (Å²) < 4.78 is 11.3. The van der Waals surface area contributed by atoms with E-state index in [-0.39, 0.29) is 0 Å². The molecule has 0 amide bonds. The number of aromatic nitrogens is 1. The molecule has 0 aliphatic carbocycles. The number of ether oxygens (including phenoxy) is 2. The van der Waals surface area contributed by atoms with Crippen LogP contribution in [-0.2, 0) is 13.2 Å². The summed E-state index contributed by atoms with van der Waals surface area (Å²) in [5.41, 5.74) is 1.92. The van der Waals surface area contributed by atoms with Crippen molar-refractivity contribution in [3.63, 3.8) is 0 Å². The first-order valence-corrected chi connectivity index (χ1v) is 8.80. The van der Waals surface area contributed by atoms with E-state index in [1.807, 2.05) is 42.5 Å². The Hall–Kier alpha value is -2.43.